The van der Waals surface area contributed by atoms with Crippen LogP contribution in [0.1, 0.15) is 19.3 Å². The van der Waals surface area contributed by atoms with Crippen LogP contribution in [0.25, 0.3) is 0 Å². The molecule has 0 spiro atoms. The maximum atomic E-state index is 11.8. The summed E-state index contributed by atoms with van der Waals surface area (Å²) in [5.41, 5.74) is 0. The number of likely N-dealkylation sites (tertiary alicyclic amines) is 1. The Kier molecular flexibility index (Phi) is 3.43. The van der Waals surface area contributed by atoms with Crippen molar-refractivity contribution in [3.63, 3.8) is 0 Å². The lowest BCUT2D eigenvalue weighted by molar-refractivity contribution is -0.131. The molecular formula is C11H18N2O3. The summed E-state index contributed by atoms with van der Waals surface area (Å²) in [5.74, 6) is -0.0799. The Bertz CT molecular complexity index is 287. The van der Waals surface area contributed by atoms with Crippen LogP contribution in [0.2, 0.25) is 0 Å². The molecule has 5 heteroatoms. The van der Waals surface area contributed by atoms with E-state index in [2.05, 4.69) is 5.32 Å². The van der Waals surface area contributed by atoms with Crippen molar-refractivity contribution in [2.45, 2.75) is 25.3 Å². The van der Waals surface area contributed by atoms with Crippen LogP contribution < -0.4 is 5.32 Å². The molecule has 2 aliphatic rings. The van der Waals surface area contributed by atoms with Gasteiger partial charge in [0.15, 0.2) is 0 Å². The number of rotatable bonds is 2. The van der Waals surface area contributed by atoms with Gasteiger partial charge in [-0.3, -0.25) is 9.59 Å². The Hall–Kier alpha value is -1.10. The summed E-state index contributed by atoms with van der Waals surface area (Å²) in [6.07, 6.45) is 2.15. The van der Waals surface area contributed by atoms with Gasteiger partial charge in [0, 0.05) is 39.3 Å². The zero-order valence-corrected chi connectivity index (χ0v) is 9.57. The number of ether oxygens (including phenoxy) is 1. The number of hydrogen-bond acceptors (Lipinski definition) is 3. The van der Waals surface area contributed by atoms with Crippen molar-refractivity contribution in [3.05, 3.63) is 0 Å². The van der Waals surface area contributed by atoms with Crippen LogP contribution in [-0.2, 0) is 14.3 Å². The van der Waals surface area contributed by atoms with E-state index in [1.54, 1.807) is 7.05 Å². The normalized spacial score (nSPS) is 27.2. The second kappa shape index (κ2) is 4.82. The largest absolute Gasteiger partial charge is 0.381 e. The van der Waals surface area contributed by atoms with Gasteiger partial charge in [-0.1, -0.05) is 0 Å². The first-order valence-corrected chi connectivity index (χ1v) is 5.81. The van der Waals surface area contributed by atoms with E-state index in [4.69, 9.17) is 4.74 Å². The van der Waals surface area contributed by atoms with Crippen molar-refractivity contribution in [1.29, 1.82) is 0 Å². The summed E-state index contributed by atoms with van der Waals surface area (Å²) in [4.78, 5) is 25.1. The standard InChI is InChI=1S/C11H18N2O3/c1-12-11(15)8-6-10(14)13(7-8)9-2-4-16-5-3-9/h8-9H,2-7H2,1H3,(H,12,15). The fourth-order valence-corrected chi connectivity index (χ4v) is 2.46. The molecule has 90 valence electrons. The minimum absolute atomic E-state index is 0.0251. The molecular weight excluding hydrogens is 208 g/mol. The monoisotopic (exact) mass is 226 g/mol. The molecule has 2 saturated heterocycles. The Morgan fingerprint density at radius 2 is 2.12 bits per heavy atom. The predicted octanol–water partition coefficient (Wildman–Crippen LogP) is -0.240. The lowest BCUT2D eigenvalue weighted by Gasteiger charge is -2.31. The lowest BCUT2D eigenvalue weighted by Crippen LogP contribution is -2.41. The van der Waals surface area contributed by atoms with E-state index < -0.39 is 0 Å². The second-order valence-corrected chi connectivity index (χ2v) is 4.40. The molecule has 2 fully saturated rings. The van der Waals surface area contributed by atoms with E-state index in [9.17, 15) is 9.59 Å². The van der Waals surface area contributed by atoms with Gasteiger partial charge in [-0.25, -0.2) is 0 Å². The van der Waals surface area contributed by atoms with Crippen molar-refractivity contribution < 1.29 is 14.3 Å². The first-order chi connectivity index (χ1) is 7.72. The number of carbonyl (C=O) groups is 2. The van der Waals surface area contributed by atoms with Gasteiger partial charge in [0.2, 0.25) is 11.8 Å². The molecule has 2 aliphatic heterocycles. The molecule has 0 aliphatic carbocycles. The van der Waals surface area contributed by atoms with Crippen LogP contribution in [0.4, 0.5) is 0 Å². The van der Waals surface area contributed by atoms with Gasteiger partial charge in [-0.2, -0.15) is 0 Å². The van der Waals surface area contributed by atoms with Crippen molar-refractivity contribution in [2.75, 3.05) is 26.8 Å². The average Bonchev–Trinajstić information content (AvgIpc) is 2.71. The lowest BCUT2D eigenvalue weighted by atomic mass is 10.1. The summed E-state index contributed by atoms with van der Waals surface area (Å²) in [7, 11) is 1.61. The van der Waals surface area contributed by atoms with Crippen LogP contribution in [0.15, 0.2) is 0 Å². The van der Waals surface area contributed by atoms with Gasteiger partial charge in [-0.05, 0) is 12.8 Å². The van der Waals surface area contributed by atoms with Gasteiger partial charge in [-0.15, -0.1) is 0 Å². The number of nitrogens with one attached hydrogen (secondary N) is 1. The van der Waals surface area contributed by atoms with Crippen molar-refractivity contribution >= 4 is 11.8 Å². The Balaban J connectivity index is 1.96. The van der Waals surface area contributed by atoms with Gasteiger partial charge >= 0.3 is 0 Å². The molecule has 2 amide bonds. The van der Waals surface area contributed by atoms with E-state index in [1.165, 1.54) is 0 Å². The SMILES string of the molecule is CNC(=O)C1CC(=O)N(C2CCOCC2)C1. The molecule has 1 N–H and O–H groups in total. The summed E-state index contributed by atoms with van der Waals surface area (Å²) < 4.78 is 5.27. The maximum absolute atomic E-state index is 11.8. The molecule has 5 nitrogen and oxygen atoms in total. The third-order valence-corrected chi connectivity index (χ3v) is 3.41. The third kappa shape index (κ3) is 2.19. The van der Waals surface area contributed by atoms with Gasteiger partial charge in [0.25, 0.3) is 0 Å². The molecule has 0 aromatic carbocycles. The number of amides is 2. The smallest absolute Gasteiger partial charge is 0.225 e. The molecule has 0 saturated carbocycles. The highest BCUT2D eigenvalue weighted by Gasteiger charge is 2.37. The molecule has 0 aromatic heterocycles. The third-order valence-electron chi connectivity index (χ3n) is 3.41. The first-order valence-electron chi connectivity index (χ1n) is 5.81. The van der Waals surface area contributed by atoms with E-state index in [-0.39, 0.29) is 23.8 Å². The van der Waals surface area contributed by atoms with Crippen LogP contribution >= 0.6 is 0 Å². The molecule has 0 bridgehead atoms. The van der Waals surface area contributed by atoms with Crippen molar-refractivity contribution in [1.82, 2.24) is 10.2 Å². The number of nitrogens with zero attached hydrogens (tertiary/aromatic N) is 1. The van der Waals surface area contributed by atoms with E-state index >= 15 is 0 Å². The highest BCUT2D eigenvalue weighted by Crippen LogP contribution is 2.24. The van der Waals surface area contributed by atoms with Gasteiger partial charge in [0.05, 0.1) is 5.92 Å². The average molecular weight is 226 g/mol. The number of hydrogen-bond donors (Lipinski definition) is 1. The van der Waals surface area contributed by atoms with Gasteiger partial charge in [0.1, 0.15) is 0 Å². The predicted molar refractivity (Wildman–Crippen MR) is 57.7 cm³/mol. The highest BCUT2D eigenvalue weighted by atomic mass is 16.5. The minimum atomic E-state index is -0.166. The maximum Gasteiger partial charge on any atom is 0.225 e. The van der Waals surface area contributed by atoms with E-state index in [0.717, 1.165) is 26.1 Å². The van der Waals surface area contributed by atoms with Crippen LogP contribution in [0, 0.1) is 5.92 Å². The zero-order valence-electron chi connectivity index (χ0n) is 9.57. The van der Waals surface area contributed by atoms with E-state index in [1.807, 2.05) is 4.90 Å². The summed E-state index contributed by atoms with van der Waals surface area (Å²) in [6.45, 7) is 2.02. The van der Waals surface area contributed by atoms with E-state index in [0.29, 0.717) is 13.0 Å². The second-order valence-electron chi connectivity index (χ2n) is 4.40. The molecule has 1 atom stereocenters. The zero-order chi connectivity index (χ0) is 11.5. The molecule has 1 unspecified atom stereocenters. The highest BCUT2D eigenvalue weighted by molar-refractivity contribution is 5.89. The Labute approximate surface area is 95.1 Å². The molecule has 0 aromatic rings. The van der Waals surface area contributed by atoms with Crippen molar-refractivity contribution in [2.24, 2.45) is 5.92 Å². The fourth-order valence-electron chi connectivity index (χ4n) is 2.46. The molecule has 16 heavy (non-hydrogen) atoms. The first kappa shape index (κ1) is 11.4. The van der Waals surface area contributed by atoms with Crippen LogP contribution in [0.3, 0.4) is 0 Å². The summed E-state index contributed by atoms with van der Waals surface area (Å²) in [5, 5.41) is 2.61. The van der Waals surface area contributed by atoms with Gasteiger partial charge < -0.3 is 15.0 Å². The summed E-state index contributed by atoms with van der Waals surface area (Å²) in [6, 6.07) is 0.274. The molecule has 0 radical (unpaired) electrons. The molecule has 2 rings (SSSR count). The minimum Gasteiger partial charge on any atom is -0.381 e. The van der Waals surface area contributed by atoms with Crippen molar-refractivity contribution in [3.8, 4) is 0 Å². The Morgan fingerprint density at radius 3 is 2.75 bits per heavy atom. The topological polar surface area (TPSA) is 58.6 Å². The van der Waals surface area contributed by atoms with Crippen LogP contribution in [-0.4, -0.2) is 49.6 Å². The number of carbonyl (C=O) groups excluding carboxylic acids is 2. The van der Waals surface area contributed by atoms with Crippen LogP contribution in [0.5, 0.6) is 0 Å². The summed E-state index contributed by atoms with van der Waals surface area (Å²) >= 11 is 0. The molecule has 2 heterocycles. The Morgan fingerprint density at radius 1 is 1.44 bits per heavy atom. The fraction of sp³-hybridized carbons (Fsp3) is 0.818. The quantitative estimate of drug-likeness (QED) is 0.707.